The van der Waals surface area contributed by atoms with Crippen molar-refractivity contribution in [2.75, 3.05) is 0 Å². The molecule has 0 saturated heterocycles. The number of hydrogen-bond acceptors (Lipinski definition) is 0. The van der Waals surface area contributed by atoms with Crippen LogP contribution in [0.3, 0.4) is 0 Å². The minimum Gasteiger partial charge on any atom is -0.204 e. The van der Waals surface area contributed by atoms with E-state index in [4.69, 9.17) is 0 Å². The van der Waals surface area contributed by atoms with Crippen molar-refractivity contribution in [1.29, 1.82) is 0 Å². The molecule has 0 aliphatic heterocycles. The summed E-state index contributed by atoms with van der Waals surface area (Å²) in [5.74, 6) is 0. The van der Waals surface area contributed by atoms with E-state index in [0.29, 0.717) is 0 Å². The number of hydrogen-bond donors (Lipinski definition) is 0. The van der Waals surface area contributed by atoms with Crippen LogP contribution in [-0.4, -0.2) is 0 Å². The van der Waals surface area contributed by atoms with E-state index >= 15 is 0 Å². The molecule has 30 heavy (non-hydrogen) atoms. The largest absolute Gasteiger partial charge is 0.212 e. The van der Waals surface area contributed by atoms with Crippen molar-refractivity contribution in [3.63, 3.8) is 0 Å². The summed E-state index contributed by atoms with van der Waals surface area (Å²) in [5, 5.41) is 0. The zero-order valence-electron chi connectivity index (χ0n) is 18.6. The lowest BCUT2D eigenvalue weighted by atomic mass is 9.73. The zero-order chi connectivity index (χ0) is 21.3. The quantitative estimate of drug-likeness (QED) is 0.432. The standard InChI is InChI=1S/C28H30N2/c1-21-13-6-8-15-23(21)25-17-12-19-27(30(25)5)28(3,24-16-9-7-14-22(24)2)26-18-10-11-20-29(26)4/h6-20H,1-5H3/q+2. The number of nitrogens with zero attached hydrogens (tertiary/aromatic N) is 2. The van der Waals surface area contributed by atoms with Gasteiger partial charge >= 0.3 is 0 Å². The number of pyridine rings is 2. The average Bonchev–Trinajstić information content (AvgIpc) is 2.75. The van der Waals surface area contributed by atoms with E-state index in [0.717, 1.165) is 0 Å². The molecule has 150 valence electrons. The van der Waals surface area contributed by atoms with Crippen LogP contribution in [-0.2, 0) is 19.5 Å². The number of rotatable bonds is 4. The molecule has 2 heteroatoms. The van der Waals surface area contributed by atoms with Gasteiger partial charge in [0.1, 0.15) is 14.1 Å². The molecule has 0 saturated carbocycles. The van der Waals surface area contributed by atoms with E-state index in [1.165, 1.54) is 39.3 Å². The summed E-state index contributed by atoms with van der Waals surface area (Å²) in [6, 6.07) is 30.5. The Balaban J connectivity index is 2.05. The SMILES string of the molecule is Cc1ccccc1-c1cccc(C(C)(c2ccccc2C)c2cccc[n+]2C)[n+]1C. The second-order valence-electron chi connectivity index (χ2n) is 8.31. The fraction of sp³-hybridized carbons (Fsp3) is 0.214. The van der Waals surface area contributed by atoms with Gasteiger partial charge in [-0.25, -0.2) is 4.57 Å². The maximum atomic E-state index is 2.36. The summed E-state index contributed by atoms with van der Waals surface area (Å²) < 4.78 is 4.61. The first-order chi connectivity index (χ1) is 14.4. The maximum Gasteiger partial charge on any atom is 0.212 e. The Hall–Kier alpha value is -3.26. The Labute approximate surface area is 180 Å². The van der Waals surface area contributed by atoms with Crippen molar-refractivity contribution in [2.45, 2.75) is 26.2 Å². The Morgan fingerprint density at radius 3 is 1.97 bits per heavy atom. The van der Waals surface area contributed by atoms with Crippen molar-refractivity contribution < 1.29 is 9.13 Å². The van der Waals surface area contributed by atoms with Gasteiger partial charge in [0.2, 0.25) is 17.1 Å². The molecule has 4 aromatic rings. The van der Waals surface area contributed by atoms with Gasteiger partial charge in [-0.05, 0) is 49.6 Å². The number of benzene rings is 2. The average molecular weight is 395 g/mol. The molecule has 1 unspecified atom stereocenters. The highest BCUT2D eigenvalue weighted by Crippen LogP contribution is 2.37. The monoisotopic (exact) mass is 394 g/mol. The zero-order valence-corrected chi connectivity index (χ0v) is 18.6. The molecular formula is C28H30N2+2. The van der Waals surface area contributed by atoms with Crippen LogP contribution in [0.2, 0.25) is 0 Å². The third kappa shape index (κ3) is 3.23. The Kier molecular flexibility index (Phi) is 5.26. The van der Waals surface area contributed by atoms with Crippen LogP contribution in [0.15, 0.2) is 91.1 Å². The topological polar surface area (TPSA) is 7.76 Å². The fourth-order valence-electron chi connectivity index (χ4n) is 4.80. The molecule has 0 fully saturated rings. The number of aryl methyl sites for hydroxylation is 3. The van der Waals surface area contributed by atoms with E-state index in [-0.39, 0.29) is 5.41 Å². The smallest absolute Gasteiger partial charge is 0.204 e. The lowest BCUT2D eigenvalue weighted by molar-refractivity contribution is -0.692. The predicted molar refractivity (Wildman–Crippen MR) is 122 cm³/mol. The minimum absolute atomic E-state index is 0.311. The molecule has 0 radical (unpaired) electrons. The normalized spacial score (nSPS) is 13.1. The molecule has 0 bridgehead atoms. The van der Waals surface area contributed by atoms with Crippen LogP contribution in [0.1, 0.15) is 35.0 Å². The minimum atomic E-state index is -0.311. The third-order valence-electron chi connectivity index (χ3n) is 6.42. The molecule has 4 rings (SSSR count). The van der Waals surface area contributed by atoms with Crippen molar-refractivity contribution in [2.24, 2.45) is 14.1 Å². The summed E-state index contributed by atoms with van der Waals surface area (Å²) in [6.07, 6.45) is 2.14. The molecule has 2 heterocycles. The van der Waals surface area contributed by atoms with Gasteiger partial charge in [-0.15, -0.1) is 0 Å². The van der Waals surface area contributed by atoms with Crippen molar-refractivity contribution in [3.8, 4) is 11.3 Å². The number of aromatic nitrogens is 2. The molecular weight excluding hydrogens is 364 g/mol. The lowest BCUT2D eigenvalue weighted by Crippen LogP contribution is -2.50. The maximum absolute atomic E-state index is 2.36. The van der Waals surface area contributed by atoms with Gasteiger partial charge in [-0.2, -0.15) is 4.57 Å². The van der Waals surface area contributed by atoms with E-state index < -0.39 is 0 Å². The van der Waals surface area contributed by atoms with E-state index in [9.17, 15) is 0 Å². The van der Waals surface area contributed by atoms with Crippen LogP contribution < -0.4 is 9.13 Å². The molecule has 0 spiro atoms. The van der Waals surface area contributed by atoms with Gasteiger partial charge in [0.15, 0.2) is 11.6 Å². The summed E-state index contributed by atoms with van der Waals surface area (Å²) >= 11 is 0. The molecule has 0 aliphatic carbocycles. The summed E-state index contributed by atoms with van der Waals surface area (Å²) in [6.45, 7) is 6.74. The second-order valence-corrected chi connectivity index (χ2v) is 8.31. The summed E-state index contributed by atoms with van der Waals surface area (Å²) in [7, 11) is 4.33. The predicted octanol–water partition coefficient (Wildman–Crippen LogP) is 4.97. The van der Waals surface area contributed by atoms with Crippen LogP contribution in [0.4, 0.5) is 0 Å². The van der Waals surface area contributed by atoms with Crippen LogP contribution >= 0.6 is 0 Å². The van der Waals surface area contributed by atoms with E-state index in [1.807, 2.05) is 0 Å². The summed E-state index contributed by atoms with van der Waals surface area (Å²) in [5.41, 5.74) is 8.61. The Bertz CT molecular complexity index is 1160. The molecule has 2 nitrogen and oxygen atoms in total. The second kappa shape index (κ2) is 7.87. The molecule has 2 aromatic carbocycles. The van der Waals surface area contributed by atoms with Crippen molar-refractivity contribution >= 4 is 0 Å². The van der Waals surface area contributed by atoms with Gasteiger partial charge in [-0.1, -0.05) is 48.5 Å². The molecule has 1 atom stereocenters. The van der Waals surface area contributed by atoms with Crippen molar-refractivity contribution in [1.82, 2.24) is 0 Å². The molecule has 2 aromatic heterocycles. The Morgan fingerprint density at radius 2 is 1.27 bits per heavy atom. The fourth-order valence-corrected chi connectivity index (χ4v) is 4.80. The Morgan fingerprint density at radius 1 is 0.633 bits per heavy atom. The first kappa shape index (κ1) is 20.0. The van der Waals surface area contributed by atoms with Gasteiger partial charge in [-0.3, -0.25) is 0 Å². The highest BCUT2D eigenvalue weighted by Gasteiger charge is 2.45. The van der Waals surface area contributed by atoms with E-state index in [1.54, 1.807) is 0 Å². The van der Waals surface area contributed by atoms with Gasteiger partial charge in [0.05, 0.1) is 0 Å². The van der Waals surface area contributed by atoms with Gasteiger partial charge in [0, 0.05) is 29.8 Å². The molecule has 0 amide bonds. The molecule has 0 aliphatic rings. The van der Waals surface area contributed by atoms with Gasteiger partial charge in [0.25, 0.3) is 0 Å². The lowest BCUT2D eigenvalue weighted by Gasteiger charge is -2.27. The highest BCUT2D eigenvalue weighted by molar-refractivity contribution is 5.61. The van der Waals surface area contributed by atoms with Crippen LogP contribution in [0.25, 0.3) is 11.3 Å². The van der Waals surface area contributed by atoms with E-state index in [2.05, 4.69) is 135 Å². The van der Waals surface area contributed by atoms with Crippen molar-refractivity contribution in [3.05, 3.63) is 119 Å². The molecule has 0 N–H and O–H groups in total. The highest BCUT2D eigenvalue weighted by atomic mass is 15.0. The third-order valence-corrected chi connectivity index (χ3v) is 6.42. The van der Waals surface area contributed by atoms with Gasteiger partial charge < -0.3 is 0 Å². The first-order valence-electron chi connectivity index (χ1n) is 10.5. The summed E-state index contributed by atoms with van der Waals surface area (Å²) in [4.78, 5) is 0. The first-order valence-corrected chi connectivity index (χ1v) is 10.5. The van der Waals surface area contributed by atoms with Crippen LogP contribution in [0, 0.1) is 13.8 Å². The van der Waals surface area contributed by atoms with Crippen LogP contribution in [0.5, 0.6) is 0 Å².